The van der Waals surface area contributed by atoms with Gasteiger partial charge in [0.05, 0.1) is 11.6 Å². The fraction of sp³-hybridized carbons (Fsp3) is 0.158. The van der Waals surface area contributed by atoms with E-state index in [9.17, 15) is 18.4 Å². The highest BCUT2D eigenvalue weighted by molar-refractivity contribution is 7.14. The molecule has 6 nitrogen and oxygen atoms in total. The number of nitrogens with zero attached hydrogens (tertiary/aromatic N) is 3. The number of benzene rings is 1. The van der Waals surface area contributed by atoms with Crippen molar-refractivity contribution in [2.24, 2.45) is 5.92 Å². The van der Waals surface area contributed by atoms with Crippen LogP contribution < -0.4 is 5.32 Å². The number of nitrogens with one attached hydrogen (secondary N) is 1. The molecule has 9 heteroatoms. The van der Waals surface area contributed by atoms with E-state index in [1.165, 1.54) is 22.3 Å². The number of hydrogen-bond donors (Lipinski definition) is 1. The lowest BCUT2D eigenvalue weighted by molar-refractivity contribution is -0.123. The number of thiazole rings is 1. The van der Waals surface area contributed by atoms with Crippen molar-refractivity contribution in [1.82, 2.24) is 14.9 Å². The number of rotatable bonds is 4. The zero-order chi connectivity index (χ0) is 19.7. The van der Waals surface area contributed by atoms with E-state index in [2.05, 4.69) is 15.3 Å². The van der Waals surface area contributed by atoms with Crippen molar-refractivity contribution < 1.29 is 18.4 Å². The van der Waals surface area contributed by atoms with Gasteiger partial charge in [0.15, 0.2) is 16.8 Å². The second kappa shape index (κ2) is 7.43. The molecule has 1 N–H and O–H groups in total. The van der Waals surface area contributed by atoms with Crippen molar-refractivity contribution in [3.05, 3.63) is 65.3 Å². The quantitative estimate of drug-likeness (QED) is 0.730. The maximum atomic E-state index is 13.3. The summed E-state index contributed by atoms with van der Waals surface area (Å²) in [6.45, 7) is 0.426. The first kappa shape index (κ1) is 18.2. The van der Waals surface area contributed by atoms with Crippen LogP contribution in [0.3, 0.4) is 0 Å². The lowest BCUT2D eigenvalue weighted by atomic mass is 9.98. The van der Waals surface area contributed by atoms with Crippen LogP contribution in [-0.4, -0.2) is 39.8 Å². The maximum Gasteiger partial charge on any atom is 0.254 e. The molecule has 0 unspecified atom stereocenters. The van der Waals surface area contributed by atoms with Gasteiger partial charge in [-0.25, -0.2) is 13.8 Å². The smallest absolute Gasteiger partial charge is 0.254 e. The van der Waals surface area contributed by atoms with Gasteiger partial charge in [0.25, 0.3) is 5.91 Å². The molecule has 3 aromatic rings. The number of anilines is 1. The summed E-state index contributed by atoms with van der Waals surface area (Å²) >= 11 is 1.30. The first-order chi connectivity index (χ1) is 13.5. The number of carbonyl (C=O) groups excluding carboxylic acids is 2. The monoisotopic (exact) mass is 400 g/mol. The molecule has 3 heterocycles. The van der Waals surface area contributed by atoms with Crippen molar-refractivity contribution in [3.8, 4) is 11.3 Å². The highest BCUT2D eigenvalue weighted by atomic mass is 32.1. The van der Waals surface area contributed by atoms with Crippen LogP contribution in [-0.2, 0) is 4.79 Å². The highest BCUT2D eigenvalue weighted by Gasteiger charge is 2.36. The average molecular weight is 400 g/mol. The first-order valence-corrected chi connectivity index (χ1v) is 9.30. The van der Waals surface area contributed by atoms with Gasteiger partial charge >= 0.3 is 0 Å². The molecule has 0 saturated carbocycles. The van der Waals surface area contributed by atoms with Crippen LogP contribution >= 0.6 is 11.3 Å². The van der Waals surface area contributed by atoms with Crippen LogP contribution in [0.4, 0.5) is 13.9 Å². The topological polar surface area (TPSA) is 75.2 Å². The number of likely N-dealkylation sites (tertiary alicyclic amines) is 1. The highest BCUT2D eigenvalue weighted by Crippen LogP contribution is 2.26. The Bertz CT molecular complexity index is 1040. The van der Waals surface area contributed by atoms with Gasteiger partial charge in [-0.2, -0.15) is 0 Å². The third kappa shape index (κ3) is 3.61. The zero-order valence-electron chi connectivity index (χ0n) is 14.4. The van der Waals surface area contributed by atoms with Gasteiger partial charge in [0.2, 0.25) is 5.91 Å². The van der Waals surface area contributed by atoms with Gasteiger partial charge in [-0.1, -0.05) is 0 Å². The molecular formula is C19H14F2N4O2S. The fourth-order valence-corrected chi connectivity index (χ4v) is 3.53. The molecule has 2 amide bonds. The van der Waals surface area contributed by atoms with Crippen LogP contribution in [0.1, 0.15) is 10.4 Å². The minimum atomic E-state index is -1.08. The van der Waals surface area contributed by atoms with E-state index in [0.717, 1.165) is 23.4 Å². The molecule has 1 aromatic carbocycles. The normalized spacial score (nSPS) is 13.9. The van der Waals surface area contributed by atoms with Crippen molar-refractivity contribution in [3.63, 3.8) is 0 Å². The van der Waals surface area contributed by atoms with Gasteiger partial charge in [-0.3, -0.25) is 14.6 Å². The summed E-state index contributed by atoms with van der Waals surface area (Å²) in [5.41, 5.74) is 1.63. The molecule has 142 valence electrons. The Balaban J connectivity index is 1.33. The standard InChI is InChI=1S/C19H14F2N4O2S/c20-14-4-3-11(6-15(14)21)18(27)25-8-13(9-25)17(26)24-19-23-16(10-28-19)12-2-1-5-22-7-12/h1-7,10,13H,8-9H2,(H,23,24,26). The Morgan fingerprint density at radius 3 is 2.71 bits per heavy atom. The number of pyridine rings is 1. The van der Waals surface area contributed by atoms with Crippen LogP contribution in [0.25, 0.3) is 11.3 Å². The minimum absolute atomic E-state index is 0.0544. The van der Waals surface area contributed by atoms with E-state index in [-0.39, 0.29) is 30.5 Å². The molecule has 1 aliphatic rings. The summed E-state index contributed by atoms with van der Waals surface area (Å²) in [5.74, 6) is -3.13. The lowest BCUT2D eigenvalue weighted by Gasteiger charge is -2.38. The second-order valence-electron chi connectivity index (χ2n) is 6.30. The summed E-state index contributed by atoms with van der Waals surface area (Å²) in [7, 11) is 0. The Labute approximate surface area is 162 Å². The van der Waals surface area contributed by atoms with Gasteiger partial charge in [-0.05, 0) is 30.3 Å². The second-order valence-corrected chi connectivity index (χ2v) is 7.16. The van der Waals surface area contributed by atoms with Crippen molar-refractivity contribution in [1.29, 1.82) is 0 Å². The summed E-state index contributed by atoms with van der Waals surface area (Å²) in [6.07, 6.45) is 3.36. The van der Waals surface area contributed by atoms with Crippen LogP contribution in [0, 0.1) is 17.6 Å². The van der Waals surface area contributed by atoms with Gasteiger partial charge in [0.1, 0.15) is 0 Å². The predicted octanol–water partition coefficient (Wildman–Crippen LogP) is 3.19. The van der Waals surface area contributed by atoms with Crippen LogP contribution in [0.15, 0.2) is 48.1 Å². The third-order valence-electron chi connectivity index (χ3n) is 4.40. The third-order valence-corrected chi connectivity index (χ3v) is 5.16. The van der Waals surface area contributed by atoms with E-state index >= 15 is 0 Å². The molecule has 4 rings (SSSR count). The summed E-state index contributed by atoms with van der Waals surface area (Å²) in [6, 6.07) is 6.68. The molecule has 0 spiro atoms. The van der Waals surface area contributed by atoms with Gasteiger partial charge in [0, 0.05) is 42.0 Å². The largest absolute Gasteiger partial charge is 0.337 e. The van der Waals surface area contributed by atoms with E-state index < -0.39 is 17.5 Å². The Morgan fingerprint density at radius 2 is 2.00 bits per heavy atom. The van der Waals surface area contributed by atoms with E-state index in [1.807, 2.05) is 11.4 Å². The molecule has 28 heavy (non-hydrogen) atoms. The van der Waals surface area contributed by atoms with Crippen LogP contribution in [0.2, 0.25) is 0 Å². The molecular weight excluding hydrogens is 386 g/mol. The van der Waals surface area contributed by atoms with Crippen molar-refractivity contribution in [2.45, 2.75) is 0 Å². The van der Waals surface area contributed by atoms with Gasteiger partial charge in [-0.15, -0.1) is 11.3 Å². The number of amides is 2. The van der Waals surface area contributed by atoms with E-state index in [1.54, 1.807) is 18.5 Å². The lowest BCUT2D eigenvalue weighted by Crippen LogP contribution is -2.54. The van der Waals surface area contributed by atoms with Gasteiger partial charge < -0.3 is 10.2 Å². The summed E-state index contributed by atoms with van der Waals surface area (Å²) in [5, 5.41) is 5.04. The molecule has 1 saturated heterocycles. The fourth-order valence-electron chi connectivity index (χ4n) is 2.81. The molecule has 0 atom stereocenters. The Morgan fingerprint density at radius 1 is 1.18 bits per heavy atom. The number of carbonyl (C=O) groups is 2. The number of halogens is 2. The number of aromatic nitrogens is 2. The molecule has 2 aromatic heterocycles. The molecule has 0 radical (unpaired) electrons. The zero-order valence-corrected chi connectivity index (χ0v) is 15.2. The molecule has 0 bridgehead atoms. The van der Waals surface area contributed by atoms with Crippen LogP contribution in [0.5, 0.6) is 0 Å². The summed E-state index contributed by atoms with van der Waals surface area (Å²) < 4.78 is 26.3. The van der Waals surface area contributed by atoms with Crippen molar-refractivity contribution in [2.75, 3.05) is 18.4 Å². The molecule has 1 aliphatic heterocycles. The number of hydrogen-bond acceptors (Lipinski definition) is 5. The molecule has 1 fully saturated rings. The van der Waals surface area contributed by atoms with Crippen molar-refractivity contribution >= 4 is 28.3 Å². The Kier molecular flexibility index (Phi) is 4.82. The first-order valence-electron chi connectivity index (χ1n) is 8.42. The maximum absolute atomic E-state index is 13.3. The SMILES string of the molecule is O=C(Nc1nc(-c2cccnc2)cs1)C1CN(C(=O)c2ccc(F)c(F)c2)C1. The predicted molar refractivity (Wildman–Crippen MR) is 99.7 cm³/mol. The Hall–Kier alpha value is -3.20. The average Bonchev–Trinajstić information content (AvgIpc) is 3.12. The van der Waals surface area contributed by atoms with E-state index in [4.69, 9.17) is 0 Å². The van der Waals surface area contributed by atoms with E-state index in [0.29, 0.717) is 5.13 Å². The molecule has 0 aliphatic carbocycles. The minimum Gasteiger partial charge on any atom is -0.337 e. The summed E-state index contributed by atoms with van der Waals surface area (Å²) in [4.78, 5) is 34.4.